The zero-order valence-electron chi connectivity index (χ0n) is 15.5. The summed E-state index contributed by atoms with van der Waals surface area (Å²) >= 11 is 1.30. The molecular weight excluding hydrogens is 374 g/mol. The van der Waals surface area contributed by atoms with Crippen LogP contribution in [0.5, 0.6) is 0 Å². The molecule has 0 radical (unpaired) electrons. The molecular formula is C20H21N5O2S. The molecule has 0 aliphatic heterocycles. The fourth-order valence-corrected chi connectivity index (χ4v) is 3.56. The van der Waals surface area contributed by atoms with Gasteiger partial charge in [0.2, 0.25) is 11.8 Å². The second-order valence-corrected chi connectivity index (χ2v) is 7.05. The molecule has 3 N–H and O–H groups in total. The first-order valence-corrected chi connectivity index (χ1v) is 9.84. The fraction of sp³-hybridized carbons (Fsp3) is 0.200. The molecule has 0 aliphatic carbocycles. The molecule has 1 heterocycles. The van der Waals surface area contributed by atoms with Crippen molar-refractivity contribution in [2.45, 2.75) is 24.9 Å². The average molecular weight is 395 g/mol. The Hall–Kier alpha value is -3.13. The number of hydrogen-bond acceptors (Lipinski definition) is 5. The third kappa shape index (κ3) is 4.77. The van der Waals surface area contributed by atoms with Crippen molar-refractivity contribution in [2.24, 2.45) is 5.73 Å². The number of nitrogens with one attached hydrogen (secondary N) is 1. The van der Waals surface area contributed by atoms with Crippen LogP contribution in [0.3, 0.4) is 0 Å². The van der Waals surface area contributed by atoms with E-state index in [1.54, 1.807) is 30.6 Å². The van der Waals surface area contributed by atoms with Crippen LogP contribution in [0.15, 0.2) is 60.0 Å². The van der Waals surface area contributed by atoms with E-state index in [0.717, 1.165) is 12.1 Å². The van der Waals surface area contributed by atoms with Gasteiger partial charge in [-0.05, 0) is 29.7 Å². The van der Waals surface area contributed by atoms with Crippen molar-refractivity contribution >= 4 is 29.3 Å². The van der Waals surface area contributed by atoms with Gasteiger partial charge in [-0.1, -0.05) is 55.1 Å². The van der Waals surface area contributed by atoms with Gasteiger partial charge in [-0.3, -0.25) is 14.2 Å². The number of nitrogens with two attached hydrogens (primary N) is 1. The number of aromatic nitrogens is 3. The summed E-state index contributed by atoms with van der Waals surface area (Å²) in [5.74, 6) is -0.475. The average Bonchev–Trinajstić information content (AvgIpc) is 3.16. The van der Waals surface area contributed by atoms with Gasteiger partial charge in [0.1, 0.15) is 6.33 Å². The molecule has 0 unspecified atom stereocenters. The summed E-state index contributed by atoms with van der Waals surface area (Å²) in [4.78, 5) is 23.6. The molecule has 3 aromatic rings. The smallest absolute Gasteiger partial charge is 0.234 e. The Morgan fingerprint density at radius 2 is 1.82 bits per heavy atom. The maximum absolute atomic E-state index is 12.4. The van der Waals surface area contributed by atoms with Crippen LogP contribution >= 0.6 is 11.8 Å². The summed E-state index contributed by atoms with van der Waals surface area (Å²) < 4.78 is 1.89. The molecule has 0 fully saturated rings. The maximum atomic E-state index is 12.4. The van der Waals surface area contributed by atoms with E-state index in [1.165, 1.54) is 17.3 Å². The van der Waals surface area contributed by atoms with Gasteiger partial charge in [0, 0.05) is 5.69 Å². The van der Waals surface area contributed by atoms with Gasteiger partial charge < -0.3 is 11.1 Å². The number of hydrogen-bond donors (Lipinski definition) is 2. The number of carbonyl (C=O) groups excluding carboxylic acids is 2. The molecule has 3 rings (SSSR count). The van der Waals surface area contributed by atoms with Crippen LogP contribution in [0, 0.1) is 0 Å². The van der Waals surface area contributed by atoms with Crippen molar-refractivity contribution in [2.75, 3.05) is 11.1 Å². The molecule has 0 bridgehead atoms. The molecule has 2 amide bonds. The van der Waals surface area contributed by atoms with Crippen molar-refractivity contribution in [3.05, 3.63) is 66.0 Å². The van der Waals surface area contributed by atoms with Crippen LogP contribution in [0.25, 0.3) is 5.69 Å². The van der Waals surface area contributed by atoms with Crippen LogP contribution in [-0.2, 0) is 22.4 Å². The lowest BCUT2D eigenvalue weighted by molar-refractivity contribution is -0.117. The number of benzene rings is 2. The third-order valence-electron chi connectivity index (χ3n) is 4.14. The highest BCUT2D eigenvalue weighted by Crippen LogP contribution is 2.23. The summed E-state index contributed by atoms with van der Waals surface area (Å²) in [6, 6.07) is 15.1. The molecule has 0 aliphatic rings. The van der Waals surface area contributed by atoms with Gasteiger partial charge >= 0.3 is 0 Å². The lowest BCUT2D eigenvalue weighted by Crippen LogP contribution is -2.18. The van der Waals surface area contributed by atoms with E-state index < -0.39 is 5.91 Å². The first kappa shape index (κ1) is 19.6. The number of amides is 2. The van der Waals surface area contributed by atoms with Crippen LogP contribution in [0.4, 0.5) is 5.69 Å². The van der Waals surface area contributed by atoms with Crippen LogP contribution in [0.2, 0.25) is 0 Å². The summed E-state index contributed by atoms with van der Waals surface area (Å²) in [6.45, 7) is 2.09. The Balaban J connectivity index is 1.69. The molecule has 8 heteroatoms. The van der Waals surface area contributed by atoms with Gasteiger partial charge in [0.05, 0.1) is 17.9 Å². The molecule has 28 heavy (non-hydrogen) atoms. The summed E-state index contributed by atoms with van der Waals surface area (Å²) in [6.07, 6.45) is 2.61. The van der Waals surface area contributed by atoms with Gasteiger partial charge in [0.25, 0.3) is 0 Å². The number of carbonyl (C=O) groups is 2. The Bertz CT molecular complexity index is 986. The van der Waals surface area contributed by atoms with E-state index in [2.05, 4.69) is 28.5 Å². The van der Waals surface area contributed by atoms with Crippen LogP contribution < -0.4 is 11.1 Å². The van der Waals surface area contributed by atoms with Crippen molar-refractivity contribution in [3.63, 3.8) is 0 Å². The SMILES string of the molecule is CCc1ccccc1-n1cnnc1SCC(=O)Nc1ccccc1CC(N)=O. The monoisotopic (exact) mass is 395 g/mol. The minimum Gasteiger partial charge on any atom is -0.369 e. The van der Waals surface area contributed by atoms with E-state index in [9.17, 15) is 9.59 Å². The van der Waals surface area contributed by atoms with Gasteiger partial charge in [-0.25, -0.2) is 0 Å². The normalized spacial score (nSPS) is 10.6. The Morgan fingerprint density at radius 1 is 1.11 bits per heavy atom. The molecule has 2 aromatic carbocycles. The Kier molecular flexibility index (Phi) is 6.44. The zero-order chi connectivity index (χ0) is 19.9. The second kappa shape index (κ2) is 9.18. The fourth-order valence-electron chi connectivity index (χ4n) is 2.83. The van der Waals surface area contributed by atoms with Crippen LogP contribution in [0.1, 0.15) is 18.1 Å². The summed E-state index contributed by atoms with van der Waals surface area (Å²) in [5, 5.41) is 11.6. The second-order valence-electron chi connectivity index (χ2n) is 6.10. The molecule has 0 atom stereocenters. The molecule has 0 saturated carbocycles. The number of nitrogens with zero attached hydrogens (tertiary/aromatic N) is 3. The van der Waals surface area contributed by atoms with Crippen molar-refractivity contribution < 1.29 is 9.59 Å². The summed E-state index contributed by atoms with van der Waals surface area (Å²) in [7, 11) is 0. The van der Waals surface area contributed by atoms with E-state index >= 15 is 0 Å². The first-order chi connectivity index (χ1) is 13.6. The Labute approximate surface area is 167 Å². The lowest BCUT2D eigenvalue weighted by atomic mass is 10.1. The van der Waals surface area contributed by atoms with E-state index in [-0.39, 0.29) is 18.1 Å². The zero-order valence-corrected chi connectivity index (χ0v) is 16.3. The van der Waals surface area contributed by atoms with Crippen LogP contribution in [-0.4, -0.2) is 32.3 Å². The lowest BCUT2D eigenvalue weighted by Gasteiger charge is -2.11. The van der Waals surface area contributed by atoms with Gasteiger partial charge in [-0.15, -0.1) is 10.2 Å². The minimum absolute atomic E-state index is 0.0751. The highest BCUT2D eigenvalue weighted by Gasteiger charge is 2.13. The highest BCUT2D eigenvalue weighted by molar-refractivity contribution is 7.99. The predicted octanol–water partition coefficient (Wildman–Crippen LogP) is 2.59. The first-order valence-electron chi connectivity index (χ1n) is 8.85. The van der Waals surface area contributed by atoms with Crippen molar-refractivity contribution in [3.8, 4) is 5.69 Å². The highest BCUT2D eigenvalue weighted by atomic mass is 32.2. The largest absolute Gasteiger partial charge is 0.369 e. The van der Waals surface area contributed by atoms with E-state index in [0.29, 0.717) is 16.4 Å². The predicted molar refractivity (Wildman–Crippen MR) is 109 cm³/mol. The molecule has 0 spiro atoms. The van der Waals surface area contributed by atoms with Gasteiger partial charge in [0.15, 0.2) is 5.16 Å². The summed E-state index contributed by atoms with van der Waals surface area (Å²) in [5.41, 5.74) is 8.72. The molecule has 144 valence electrons. The standard InChI is InChI=1S/C20H21N5O2S/c1-2-14-7-4-6-10-17(14)25-13-22-24-20(25)28-12-19(27)23-16-9-5-3-8-15(16)11-18(21)26/h3-10,13H,2,11-12H2,1H3,(H2,21,26)(H,23,27). The van der Waals surface area contributed by atoms with Gasteiger partial charge in [-0.2, -0.15) is 0 Å². The van der Waals surface area contributed by atoms with Crippen molar-refractivity contribution in [1.29, 1.82) is 0 Å². The number of aryl methyl sites for hydroxylation is 1. The number of primary amides is 1. The topological polar surface area (TPSA) is 103 Å². The Morgan fingerprint density at radius 3 is 2.57 bits per heavy atom. The number of anilines is 1. The molecule has 1 aromatic heterocycles. The van der Waals surface area contributed by atoms with E-state index in [1.807, 2.05) is 22.8 Å². The van der Waals surface area contributed by atoms with Crippen molar-refractivity contribution in [1.82, 2.24) is 14.8 Å². The number of rotatable bonds is 8. The molecule has 7 nitrogen and oxygen atoms in total. The number of para-hydroxylation sites is 2. The molecule has 0 saturated heterocycles. The third-order valence-corrected chi connectivity index (χ3v) is 5.08. The van der Waals surface area contributed by atoms with E-state index in [4.69, 9.17) is 5.73 Å². The maximum Gasteiger partial charge on any atom is 0.234 e. The minimum atomic E-state index is -0.446. The number of thioether (sulfide) groups is 1. The quantitative estimate of drug-likeness (QED) is 0.571.